The minimum Gasteiger partial charge on any atom is -0.508 e. The Balaban J connectivity index is 1.31. The van der Waals surface area contributed by atoms with E-state index >= 15 is 0 Å². The molecular weight excluding hydrogens is 479 g/mol. The van der Waals surface area contributed by atoms with Crippen LogP contribution >= 0.6 is 11.8 Å². The summed E-state index contributed by atoms with van der Waals surface area (Å²) in [4.78, 5) is 11.5. The summed E-state index contributed by atoms with van der Waals surface area (Å²) >= 11 is 1.70. The van der Waals surface area contributed by atoms with Crippen LogP contribution in [0.25, 0.3) is 0 Å². The number of nitrogens with zero attached hydrogens (tertiary/aromatic N) is 3. The summed E-state index contributed by atoms with van der Waals surface area (Å²) in [6, 6.07) is 13.4. The lowest BCUT2D eigenvalue weighted by Crippen LogP contribution is -2.46. The van der Waals surface area contributed by atoms with Gasteiger partial charge in [0.15, 0.2) is 0 Å². The Morgan fingerprint density at radius 1 is 1.11 bits per heavy atom. The Bertz CT molecular complexity index is 1090. The van der Waals surface area contributed by atoms with E-state index in [1.165, 1.54) is 12.1 Å². The third kappa shape index (κ3) is 7.32. The molecule has 1 unspecified atom stereocenters. The van der Waals surface area contributed by atoms with Gasteiger partial charge in [-0.2, -0.15) is 0 Å². The molecule has 0 amide bonds. The molecule has 2 heterocycles. The predicted molar refractivity (Wildman–Crippen MR) is 140 cm³/mol. The summed E-state index contributed by atoms with van der Waals surface area (Å²) in [5.74, 6) is 2.42. The van der Waals surface area contributed by atoms with Gasteiger partial charge in [-0.1, -0.05) is 19.1 Å². The highest BCUT2D eigenvalue weighted by Gasteiger charge is 2.24. The zero-order chi connectivity index (χ0) is 25.3. The first-order valence-electron chi connectivity index (χ1n) is 12.3. The van der Waals surface area contributed by atoms with Crippen molar-refractivity contribution in [3.05, 3.63) is 71.8 Å². The molecule has 1 aromatic heterocycles. The van der Waals surface area contributed by atoms with Crippen LogP contribution in [0.1, 0.15) is 30.9 Å². The average Bonchev–Trinajstić information content (AvgIpc) is 2.90. The molecule has 1 fully saturated rings. The molecule has 2 aromatic carbocycles. The van der Waals surface area contributed by atoms with Crippen molar-refractivity contribution in [3.63, 3.8) is 0 Å². The largest absolute Gasteiger partial charge is 0.508 e. The Kier molecular flexibility index (Phi) is 9.38. The summed E-state index contributed by atoms with van der Waals surface area (Å²) in [5.41, 5.74) is 2.12. The molecule has 36 heavy (non-hydrogen) atoms. The monoisotopic (exact) mass is 512 g/mol. The van der Waals surface area contributed by atoms with Gasteiger partial charge in [0, 0.05) is 37.7 Å². The number of phenols is 1. The number of hydrogen-bond acceptors (Lipinski definition) is 8. The maximum Gasteiger partial charge on any atom is 0.136 e. The minimum absolute atomic E-state index is 0.181. The van der Waals surface area contributed by atoms with Gasteiger partial charge in [0.05, 0.1) is 0 Å². The van der Waals surface area contributed by atoms with E-state index in [2.05, 4.69) is 27.1 Å². The molecule has 0 saturated carbocycles. The second kappa shape index (κ2) is 12.9. The van der Waals surface area contributed by atoms with Crippen molar-refractivity contribution in [1.82, 2.24) is 15.3 Å². The first kappa shape index (κ1) is 26.2. The second-order valence-electron chi connectivity index (χ2n) is 8.85. The number of rotatable bonds is 11. The van der Waals surface area contributed by atoms with E-state index < -0.39 is 6.10 Å². The fourth-order valence-electron chi connectivity index (χ4n) is 4.27. The number of aliphatic hydroxyl groups is 1. The van der Waals surface area contributed by atoms with Gasteiger partial charge in [0.2, 0.25) is 0 Å². The van der Waals surface area contributed by atoms with E-state index in [9.17, 15) is 14.6 Å². The molecule has 1 saturated heterocycles. The van der Waals surface area contributed by atoms with Crippen molar-refractivity contribution in [2.45, 2.75) is 43.4 Å². The number of aliphatic hydroxyl groups excluding tert-OH is 1. The first-order chi connectivity index (χ1) is 17.5. The van der Waals surface area contributed by atoms with Crippen molar-refractivity contribution >= 4 is 17.6 Å². The number of hydrogen-bond donors (Lipinski definition) is 3. The Hall–Kier alpha value is -2.88. The van der Waals surface area contributed by atoms with Crippen LogP contribution in [-0.4, -0.2) is 64.3 Å². The summed E-state index contributed by atoms with van der Waals surface area (Å²) in [5, 5.41) is 24.1. The third-order valence-electron chi connectivity index (χ3n) is 6.17. The van der Waals surface area contributed by atoms with Crippen LogP contribution in [0.3, 0.4) is 0 Å². The lowest BCUT2D eigenvalue weighted by atomic mass is 10.0. The number of phenolic OH excluding ortho intramolecular Hbond substituents is 1. The van der Waals surface area contributed by atoms with Gasteiger partial charge < -0.3 is 25.2 Å². The highest BCUT2D eigenvalue weighted by atomic mass is 32.2. The second-order valence-corrected chi connectivity index (χ2v) is 10.1. The topological polar surface area (TPSA) is 90.7 Å². The molecular formula is C27H33FN4O3S. The van der Waals surface area contributed by atoms with Crippen LogP contribution in [-0.2, 0) is 6.42 Å². The van der Waals surface area contributed by atoms with Gasteiger partial charge in [-0.25, -0.2) is 14.4 Å². The molecule has 9 heteroatoms. The van der Waals surface area contributed by atoms with Crippen molar-refractivity contribution in [3.8, 4) is 11.5 Å². The number of aromatic nitrogens is 2. The molecule has 4 rings (SSSR count). The van der Waals surface area contributed by atoms with Crippen molar-refractivity contribution in [2.24, 2.45) is 0 Å². The van der Waals surface area contributed by atoms with Gasteiger partial charge in [-0.15, -0.1) is 11.8 Å². The zero-order valence-corrected chi connectivity index (χ0v) is 21.3. The van der Waals surface area contributed by atoms with Gasteiger partial charge in [-0.3, -0.25) is 0 Å². The number of halogens is 1. The Morgan fingerprint density at radius 2 is 1.83 bits per heavy atom. The standard InChI is InChI=1S/C27H33FN4O3S/c1-2-36-27-25(15-19-3-5-20(28)6-4-19)26(30-18-31-27)32-13-11-21(12-14-32)29-16-23(34)17-35-24-9-7-22(33)8-10-24/h3-10,18,21,23,29,33-34H,2,11-17H2,1H3. The van der Waals surface area contributed by atoms with Crippen molar-refractivity contribution in [1.29, 1.82) is 0 Å². The molecule has 3 N–H and O–H groups in total. The Labute approximate surface area is 215 Å². The van der Waals surface area contributed by atoms with Crippen LogP contribution in [0.5, 0.6) is 11.5 Å². The van der Waals surface area contributed by atoms with Gasteiger partial charge in [0.25, 0.3) is 0 Å². The van der Waals surface area contributed by atoms with Crippen molar-refractivity contribution in [2.75, 3.05) is 36.9 Å². The lowest BCUT2D eigenvalue weighted by Gasteiger charge is -2.35. The van der Waals surface area contributed by atoms with Crippen LogP contribution in [0.4, 0.5) is 10.2 Å². The first-order valence-corrected chi connectivity index (χ1v) is 13.3. The molecule has 1 aliphatic rings. The van der Waals surface area contributed by atoms with Gasteiger partial charge in [-0.05, 0) is 60.6 Å². The molecule has 0 radical (unpaired) electrons. The Morgan fingerprint density at radius 3 is 2.53 bits per heavy atom. The highest BCUT2D eigenvalue weighted by molar-refractivity contribution is 7.99. The third-order valence-corrected chi connectivity index (χ3v) is 7.09. The number of ether oxygens (including phenoxy) is 1. The molecule has 0 aliphatic carbocycles. The fourth-order valence-corrected chi connectivity index (χ4v) is 5.01. The SMILES string of the molecule is CCSc1ncnc(N2CCC(NCC(O)COc3ccc(O)cc3)CC2)c1Cc1ccc(F)cc1. The summed E-state index contributed by atoms with van der Waals surface area (Å²) in [6.07, 6.45) is 3.53. The van der Waals surface area contributed by atoms with E-state index in [-0.39, 0.29) is 18.2 Å². The van der Waals surface area contributed by atoms with Crippen LogP contribution in [0.15, 0.2) is 59.9 Å². The summed E-state index contributed by atoms with van der Waals surface area (Å²) in [7, 11) is 0. The van der Waals surface area contributed by atoms with Crippen LogP contribution in [0.2, 0.25) is 0 Å². The smallest absolute Gasteiger partial charge is 0.136 e. The molecule has 7 nitrogen and oxygen atoms in total. The molecule has 3 aromatic rings. The number of thioether (sulfide) groups is 1. The molecule has 1 atom stereocenters. The van der Waals surface area contributed by atoms with E-state index in [1.807, 2.05) is 12.1 Å². The summed E-state index contributed by atoms with van der Waals surface area (Å²) < 4.78 is 19.0. The van der Waals surface area contributed by atoms with Gasteiger partial charge >= 0.3 is 0 Å². The number of aromatic hydroxyl groups is 1. The molecule has 1 aliphatic heterocycles. The molecule has 0 bridgehead atoms. The molecule has 192 valence electrons. The van der Waals surface area contributed by atoms with Crippen molar-refractivity contribution < 1.29 is 19.3 Å². The van der Waals surface area contributed by atoms with Crippen LogP contribution in [0, 0.1) is 5.82 Å². The number of benzene rings is 2. The predicted octanol–water partition coefficient (Wildman–Crippen LogP) is 4.02. The number of anilines is 1. The van der Waals surface area contributed by atoms with Crippen LogP contribution < -0.4 is 15.0 Å². The van der Waals surface area contributed by atoms with Gasteiger partial charge in [0.1, 0.15) is 47.2 Å². The minimum atomic E-state index is -0.630. The number of nitrogens with one attached hydrogen (secondary N) is 1. The lowest BCUT2D eigenvalue weighted by molar-refractivity contribution is 0.102. The van der Waals surface area contributed by atoms with E-state index in [0.29, 0.717) is 24.8 Å². The van der Waals surface area contributed by atoms with E-state index in [0.717, 1.165) is 53.7 Å². The molecule has 0 spiro atoms. The maximum atomic E-state index is 13.4. The van der Waals surface area contributed by atoms with E-state index in [1.54, 1.807) is 42.4 Å². The quantitative estimate of drug-likeness (QED) is 0.262. The van der Waals surface area contributed by atoms with E-state index in [4.69, 9.17) is 4.74 Å². The normalized spacial score (nSPS) is 15.1. The maximum absolute atomic E-state index is 13.4. The average molecular weight is 513 g/mol. The fraction of sp³-hybridized carbons (Fsp3) is 0.407. The number of piperidine rings is 1. The summed E-state index contributed by atoms with van der Waals surface area (Å²) in [6.45, 7) is 4.43. The highest BCUT2D eigenvalue weighted by Crippen LogP contribution is 2.31. The zero-order valence-electron chi connectivity index (χ0n) is 20.4.